The summed E-state index contributed by atoms with van der Waals surface area (Å²) in [4.78, 5) is 13.9. The Balaban J connectivity index is 1.72. The topological polar surface area (TPSA) is 59.0 Å². The molecular formula is C19H23NO4S. The fourth-order valence-electron chi connectivity index (χ4n) is 3.27. The van der Waals surface area contributed by atoms with E-state index in [0.717, 1.165) is 11.3 Å². The third kappa shape index (κ3) is 4.60. The highest BCUT2D eigenvalue weighted by molar-refractivity contribution is 7.08. The summed E-state index contributed by atoms with van der Waals surface area (Å²) in [5.41, 5.74) is 0.380. The van der Waals surface area contributed by atoms with Crippen molar-refractivity contribution in [2.45, 2.75) is 31.6 Å². The predicted molar refractivity (Wildman–Crippen MR) is 97.2 cm³/mol. The molecule has 1 N–H and O–H groups in total. The molecule has 2 heterocycles. The Morgan fingerprint density at radius 3 is 2.80 bits per heavy atom. The molecule has 0 radical (unpaired) electrons. The van der Waals surface area contributed by atoms with Crippen molar-refractivity contribution in [3.05, 3.63) is 52.7 Å². The number of rotatable bonds is 6. The Morgan fingerprint density at radius 1 is 1.40 bits per heavy atom. The van der Waals surface area contributed by atoms with Crippen molar-refractivity contribution >= 4 is 17.3 Å². The number of hydrogen-bond acceptors (Lipinski definition) is 5. The summed E-state index contributed by atoms with van der Waals surface area (Å²) in [6.45, 7) is 5.44. The van der Waals surface area contributed by atoms with E-state index in [-0.39, 0.29) is 6.10 Å². The Kier molecular flexibility index (Phi) is 5.42. The number of carboxylic acid groups (broad SMARTS) is 1. The summed E-state index contributed by atoms with van der Waals surface area (Å²) in [5.74, 6) is -0.0486. The van der Waals surface area contributed by atoms with Crippen LogP contribution in [-0.2, 0) is 9.53 Å². The minimum Gasteiger partial charge on any atom is -0.491 e. The van der Waals surface area contributed by atoms with Gasteiger partial charge in [0.15, 0.2) is 0 Å². The van der Waals surface area contributed by atoms with Crippen LogP contribution in [0.5, 0.6) is 5.75 Å². The lowest BCUT2D eigenvalue weighted by Crippen LogP contribution is -2.56. The van der Waals surface area contributed by atoms with Crippen molar-refractivity contribution < 1.29 is 19.4 Å². The van der Waals surface area contributed by atoms with Gasteiger partial charge >= 0.3 is 5.97 Å². The van der Waals surface area contributed by atoms with Crippen molar-refractivity contribution in [2.24, 2.45) is 0 Å². The molecule has 0 amide bonds. The maximum atomic E-state index is 11.9. The zero-order chi connectivity index (χ0) is 17.9. The fourth-order valence-corrected chi connectivity index (χ4v) is 3.95. The molecule has 1 aromatic heterocycles. The van der Waals surface area contributed by atoms with Crippen molar-refractivity contribution in [1.82, 2.24) is 4.90 Å². The highest BCUT2D eigenvalue weighted by Crippen LogP contribution is 2.30. The number of hydrogen-bond donors (Lipinski definition) is 1. The summed E-state index contributed by atoms with van der Waals surface area (Å²) in [6, 6.07) is 10.8. The maximum Gasteiger partial charge on any atom is 0.325 e. The lowest BCUT2D eigenvalue weighted by molar-refractivity contribution is -0.168. The first kappa shape index (κ1) is 17.9. The number of morpholine rings is 1. The monoisotopic (exact) mass is 361 g/mol. The first-order valence-electron chi connectivity index (χ1n) is 8.29. The fraction of sp³-hybridized carbons (Fsp3) is 0.421. The smallest absolute Gasteiger partial charge is 0.325 e. The highest BCUT2D eigenvalue weighted by atomic mass is 32.1. The zero-order valence-corrected chi connectivity index (χ0v) is 15.2. The zero-order valence-electron chi connectivity index (χ0n) is 14.4. The van der Waals surface area contributed by atoms with Gasteiger partial charge in [0.2, 0.25) is 0 Å². The minimum absolute atomic E-state index is 0.190. The molecule has 1 saturated heterocycles. The molecule has 2 unspecified atom stereocenters. The number of carboxylic acids is 1. The average molecular weight is 361 g/mol. The van der Waals surface area contributed by atoms with Gasteiger partial charge in [-0.1, -0.05) is 18.2 Å². The largest absolute Gasteiger partial charge is 0.491 e. The third-order valence-electron chi connectivity index (χ3n) is 4.14. The number of aliphatic carboxylic acids is 1. The first-order valence-corrected chi connectivity index (χ1v) is 9.23. The molecule has 0 bridgehead atoms. The molecule has 2 aromatic rings. The van der Waals surface area contributed by atoms with Crippen molar-refractivity contribution in [1.29, 1.82) is 0 Å². The van der Waals surface area contributed by atoms with E-state index in [4.69, 9.17) is 9.47 Å². The van der Waals surface area contributed by atoms with Crippen LogP contribution in [0.15, 0.2) is 47.2 Å². The van der Waals surface area contributed by atoms with Crippen LogP contribution in [0.3, 0.4) is 0 Å². The second kappa shape index (κ2) is 7.56. The number of ether oxygens (including phenoxy) is 2. The SMILES string of the molecule is CC1(C)CN(C(C(=O)O)c2ccsc2)CC(COc2ccccc2)O1. The molecule has 2 atom stereocenters. The molecule has 1 aliphatic heterocycles. The number of carbonyl (C=O) groups is 1. The van der Waals surface area contributed by atoms with Gasteiger partial charge in [-0.05, 0) is 48.4 Å². The summed E-state index contributed by atoms with van der Waals surface area (Å²) in [7, 11) is 0. The van der Waals surface area contributed by atoms with E-state index in [1.165, 1.54) is 11.3 Å². The second-order valence-corrected chi connectivity index (χ2v) is 7.63. The number of para-hydroxylation sites is 1. The van der Waals surface area contributed by atoms with Gasteiger partial charge in [0.1, 0.15) is 24.5 Å². The van der Waals surface area contributed by atoms with Crippen molar-refractivity contribution in [3.8, 4) is 5.75 Å². The molecule has 25 heavy (non-hydrogen) atoms. The third-order valence-corrected chi connectivity index (χ3v) is 4.85. The summed E-state index contributed by atoms with van der Waals surface area (Å²) < 4.78 is 11.9. The van der Waals surface area contributed by atoms with Crippen LogP contribution in [0.25, 0.3) is 0 Å². The average Bonchev–Trinajstić information content (AvgIpc) is 3.06. The Labute approximate surface area is 151 Å². The molecule has 0 saturated carbocycles. The molecule has 5 nitrogen and oxygen atoms in total. The van der Waals surface area contributed by atoms with Crippen LogP contribution in [-0.4, -0.2) is 47.4 Å². The van der Waals surface area contributed by atoms with E-state index >= 15 is 0 Å². The van der Waals surface area contributed by atoms with Crippen LogP contribution in [0, 0.1) is 0 Å². The van der Waals surface area contributed by atoms with Crippen LogP contribution in [0.1, 0.15) is 25.5 Å². The van der Waals surface area contributed by atoms with Gasteiger partial charge in [0.05, 0.1) is 5.60 Å². The van der Waals surface area contributed by atoms with Crippen molar-refractivity contribution in [3.63, 3.8) is 0 Å². The molecule has 1 fully saturated rings. The van der Waals surface area contributed by atoms with E-state index < -0.39 is 17.6 Å². The van der Waals surface area contributed by atoms with E-state index in [0.29, 0.717) is 19.7 Å². The van der Waals surface area contributed by atoms with E-state index in [9.17, 15) is 9.90 Å². The van der Waals surface area contributed by atoms with E-state index in [1.54, 1.807) is 0 Å². The number of thiophene rings is 1. The van der Waals surface area contributed by atoms with Gasteiger partial charge in [-0.25, -0.2) is 0 Å². The van der Waals surface area contributed by atoms with Crippen LogP contribution in [0.2, 0.25) is 0 Å². The summed E-state index contributed by atoms with van der Waals surface area (Å²) in [6.07, 6.45) is -0.190. The summed E-state index contributed by atoms with van der Waals surface area (Å²) >= 11 is 1.51. The van der Waals surface area contributed by atoms with Gasteiger partial charge < -0.3 is 14.6 Å². The molecule has 6 heteroatoms. The van der Waals surface area contributed by atoms with Gasteiger partial charge in [0.25, 0.3) is 0 Å². The molecule has 0 aliphatic carbocycles. The predicted octanol–water partition coefficient (Wildman–Crippen LogP) is 3.43. The molecular weight excluding hydrogens is 338 g/mol. The van der Waals surface area contributed by atoms with Crippen molar-refractivity contribution in [2.75, 3.05) is 19.7 Å². The standard InChI is InChI=1S/C19H23NO4S/c1-19(2)13-20(17(18(21)22)14-8-9-25-12-14)10-16(24-19)11-23-15-6-4-3-5-7-15/h3-9,12,16-17H,10-11,13H2,1-2H3,(H,21,22). The highest BCUT2D eigenvalue weighted by Gasteiger charge is 2.39. The van der Waals surface area contributed by atoms with Gasteiger partial charge in [0, 0.05) is 13.1 Å². The normalized spacial score (nSPS) is 21.6. The summed E-state index contributed by atoms with van der Waals surface area (Å²) in [5, 5.41) is 13.6. The minimum atomic E-state index is -0.834. The molecule has 1 aliphatic rings. The quantitative estimate of drug-likeness (QED) is 0.854. The number of benzene rings is 1. The van der Waals surface area contributed by atoms with E-state index in [2.05, 4.69) is 0 Å². The molecule has 1 aromatic carbocycles. The van der Waals surface area contributed by atoms with E-state index in [1.807, 2.05) is 65.9 Å². The second-order valence-electron chi connectivity index (χ2n) is 6.85. The Morgan fingerprint density at radius 2 is 2.16 bits per heavy atom. The number of nitrogens with zero attached hydrogens (tertiary/aromatic N) is 1. The Bertz CT molecular complexity index is 687. The van der Waals surface area contributed by atoms with Crippen LogP contribution >= 0.6 is 11.3 Å². The lowest BCUT2D eigenvalue weighted by Gasteiger charge is -2.44. The van der Waals surface area contributed by atoms with Gasteiger partial charge in [-0.2, -0.15) is 11.3 Å². The Hall–Kier alpha value is -1.89. The molecule has 3 rings (SSSR count). The van der Waals surface area contributed by atoms with Crippen LogP contribution in [0.4, 0.5) is 0 Å². The molecule has 134 valence electrons. The van der Waals surface area contributed by atoms with Gasteiger partial charge in [-0.3, -0.25) is 9.69 Å². The van der Waals surface area contributed by atoms with Crippen LogP contribution < -0.4 is 4.74 Å². The molecule has 0 spiro atoms. The maximum absolute atomic E-state index is 11.9. The van der Waals surface area contributed by atoms with Gasteiger partial charge in [-0.15, -0.1) is 0 Å². The lowest BCUT2D eigenvalue weighted by atomic mass is 10.0. The first-order chi connectivity index (χ1) is 11.9.